The molecule has 0 radical (unpaired) electrons. The average Bonchev–Trinajstić information content (AvgIpc) is 2.48. The molecule has 1 unspecified atom stereocenters. The van der Waals surface area contributed by atoms with Crippen molar-refractivity contribution in [1.29, 1.82) is 0 Å². The lowest BCUT2D eigenvalue weighted by atomic mass is 9.88. The van der Waals surface area contributed by atoms with Crippen LogP contribution < -0.4 is 5.32 Å². The molecule has 0 aromatic heterocycles. The van der Waals surface area contributed by atoms with Gasteiger partial charge in [-0.1, -0.05) is 30.3 Å². The Balaban J connectivity index is 1.95. The number of aliphatic carboxylic acids is 1. The zero-order valence-corrected chi connectivity index (χ0v) is 12.6. The zero-order valence-electron chi connectivity index (χ0n) is 11.7. The summed E-state index contributed by atoms with van der Waals surface area (Å²) in [5, 5.41) is 11.6. The number of nitrogens with one attached hydrogen (secondary N) is 1. The Hall–Kier alpha value is -1.53. The van der Waals surface area contributed by atoms with Crippen LogP contribution in [-0.2, 0) is 16.1 Å². The minimum atomic E-state index is -1.03. The Morgan fingerprint density at radius 2 is 2.00 bits per heavy atom. The van der Waals surface area contributed by atoms with E-state index in [1.165, 1.54) is 5.56 Å². The molecule has 6 heteroatoms. The van der Waals surface area contributed by atoms with Crippen LogP contribution >= 0.6 is 12.6 Å². The second kappa shape index (κ2) is 6.95. The summed E-state index contributed by atoms with van der Waals surface area (Å²) >= 11 is 4.56. The summed E-state index contributed by atoms with van der Waals surface area (Å²) in [5.41, 5.74) is 1.24. The van der Waals surface area contributed by atoms with E-state index >= 15 is 0 Å². The average molecular weight is 308 g/mol. The van der Waals surface area contributed by atoms with E-state index in [9.17, 15) is 14.7 Å². The number of carboxylic acid groups (broad SMARTS) is 1. The fourth-order valence-corrected chi connectivity index (χ4v) is 3.14. The lowest BCUT2D eigenvalue weighted by Crippen LogP contribution is -2.56. The van der Waals surface area contributed by atoms with Crippen LogP contribution in [0.1, 0.15) is 18.4 Å². The van der Waals surface area contributed by atoms with E-state index in [1.54, 1.807) is 0 Å². The summed E-state index contributed by atoms with van der Waals surface area (Å²) in [6.45, 7) is 2.38. The molecular weight excluding hydrogens is 288 g/mol. The lowest BCUT2D eigenvalue weighted by Gasteiger charge is -2.41. The van der Waals surface area contributed by atoms with Crippen LogP contribution in [0.4, 0.5) is 0 Å². The van der Waals surface area contributed by atoms with Gasteiger partial charge in [-0.05, 0) is 31.5 Å². The topological polar surface area (TPSA) is 69.6 Å². The molecule has 1 heterocycles. The maximum atomic E-state index is 11.3. The monoisotopic (exact) mass is 308 g/mol. The van der Waals surface area contributed by atoms with Gasteiger partial charge in [0.1, 0.15) is 6.04 Å². The van der Waals surface area contributed by atoms with Crippen LogP contribution in [0.5, 0.6) is 0 Å². The third-order valence-corrected chi connectivity index (χ3v) is 4.70. The Kier molecular flexibility index (Phi) is 5.25. The van der Waals surface area contributed by atoms with Crippen molar-refractivity contribution < 1.29 is 14.7 Å². The molecule has 0 bridgehead atoms. The van der Waals surface area contributed by atoms with Gasteiger partial charge in [0.05, 0.1) is 0 Å². The third kappa shape index (κ3) is 3.98. The highest BCUT2D eigenvalue weighted by Gasteiger charge is 2.42. The Morgan fingerprint density at radius 1 is 1.38 bits per heavy atom. The summed E-state index contributed by atoms with van der Waals surface area (Å²) in [4.78, 5) is 24.2. The van der Waals surface area contributed by atoms with Gasteiger partial charge >= 0.3 is 5.97 Å². The predicted octanol–water partition coefficient (Wildman–Crippen LogP) is 1.15. The van der Waals surface area contributed by atoms with E-state index in [1.807, 2.05) is 18.2 Å². The molecule has 1 atom stereocenters. The number of rotatable bonds is 6. The molecule has 1 aromatic rings. The first-order valence-corrected chi connectivity index (χ1v) is 7.41. The first-order chi connectivity index (χ1) is 10.0. The number of carboxylic acids is 1. The quantitative estimate of drug-likeness (QED) is 0.545. The van der Waals surface area contributed by atoms with E-state index in [-0.39, 0.29) is 0 Å². The number of hydrogen-bond acceptors (Lipinski definition) is 4. The van der Waals surface area contributed by atoms with E-state index in [0.29, 0.717) is 19.3 Å². The smallest absolute Gasteiger partial charge is 0.327 e. The molecule has 0 spiro atoms. The molecule has 1 saturated heterocycles. The molecule has 1 amide bonds. The van der Waals surface area contributed by atoms with Crippen LogP contribution in [0.2, 0.25) is 0 Å². The summed E-state index contributed by atoms with van der Waals surface area (Å²) in [6, 6.07) is 9.22. The van der Waals surface area contributed by atoms with Gasteiger partial charge in [0.2, 0.25) is 6.41 Å². The Morgan fingerprint density at radius 3 is 2.52 bits per heavy atom. The number of benzene rings is 1. The largest absolute Gasteiger partial charge is 0.480 e. The second-order valence-electron chi connectivity index (χ2n) is 5.42. The molecule has 21 heavy (non-hydrogen) atoms. The fourth-order valence-electron chi connectivity index (χ4n) is 2.75. The van der Waals surface area contributed by atoms with Crippen LogP contribution in [0.25, 0.3) is 0 Å². The van der Waals surface area contributed by atoms with Gasteiger partial charge in [0, 0.05) is 11.3 Å². The minimum Gasteiger partial charge on any atom is -0.480 e. The number of hydrogen-bond donors (Lipinski definition) is 3. The van der Waals surface area contributed by atoms with Gasteiger partial charge in [0.15, 0.2) is 0 Å². The van der Waals surface area contributed by atoms with Gasteiger partial charge < -0.3 is 10.4 Å². The standard InChI is InChI=1S/C15H20N2O3S/c18-11-16-13(14(19)20)15(21)6-8-17(9-7-15)10-12-4-2-1-3-5-12/h1-5,11,13,21H,6-10H2,(H,16,18)(H,19,20). The SMILES string of the molecule is O=CNC(C(=O)O)C1(S)CCN(Cc2ccccc2)CC1. The normalized spacial score (nSPS) is 19.7. The van der Waals surface area contributed by atoms with Crippen molar-refractivity contribution in [2.45, 2.75) is 30.2 Å². The molecule has 2 rings (SSSR count). The van der Waals surface area contributed by atoms with E-state index in [4.69, 9.17) is 0 Å². The molecule has 1 aliphatic heterocycles. The van der Waals surface area contributed by atoms with Crippen LogP contribution in [-0.4, -0.2) is 46.3 Å². The molecular formula is C15H20N2O3S. The number of carbonyl (C=O) groups excluding carboxylic acids is 1. The van der Waals surface area contributed by atoms with Crippen LogP contribution in [0.15, 0.2) is 30.3 Å². The van der Waals surface area contributed by atoms with Crippen molar-refractivity contribution in [2.24, 2.45) is 0 Å². The minimum absolute atomic E-state index is 0.438. The van der Waals surface area contributed by atoms with Gasteiger partial charge in [0.25, 0.3) is 0 Å². The van der Waals surface area contributed by atoms with Gasteiger partial charge in [-0.3, -0.25) is 9.69 Å². The first kappa shape index (κ1) is 15.9. The van der Waals surface area contributed by atoms with Crippen LogP contribution in [0.3, 0.4) is 0 Å². The van der Waals surface area contributed by atoms with Crippen molar-refractivity contribution in [1.82, 2.24) is 10.2 Å². The van der Waals surface area contributed by atoms with Crippen molar-refractivity contribution in [2.75, 3.05) is 13.1 Å². The van der Waals surface area contributed by atoms with E-state index in [0.717, 1.165) is 19.6 Å². The summed E-state index contributed by atoms with van der Waals surface area (Å²) in [7, 11) is 0. The zero-order chi connectivity index (χ0) is 15.3. The summed E-state index contributed by atoms with van der Waals surface area (Å²) < 4.78 is -0.695. The molecule has 1 aromatic carbocycles. The lowest BCUT2D eigenvalue weighted by molar-refractivity contribution is -0.142. The van der Waals surface area contributed by atoms with Crippen molar-refractivity contribution in [3.8, 4) is 0 Å². The van der Waals surface area contributed by atoms with E-state index in [2.05, 4.69) is 35.0 Å². The summed E-state index contributed by atoms with van der Waals surface area (Å²) in [5.74, 6) is -1.03. The molecule has 1 fully saturated rings. The van der Waals surface area contributed by atoms with Crippen molar-refractivity contribution in [3.05, 3.63) is 35.9 Å². The highest BCUT2D eigenvalue weighted by Crippen LogP contribution is 2.33. The first-order valence-electron chi connectivity index (χ1n) is 6.96. The third-order valence-electron chi connectivity index (χ3n) is 3.99. The van der Waals surface area contributed by atoms with Crippen molar-refractivity contribution >= 4 is 25.0 Å². The van der Waals surface area contributed by atoms with Gasteiger partial charge in [-0.15, -0.1) is 0 Å². The highest BCUT2D eigenvalue weighted by atomic mass is 32.1. The summed E-state index contributed by atoms with van der Waals surface area (Å²) in [6.07, 6.45) is 1.69. The number of carbonyl (C=O) groups is 2. The molecule has 0 saturated carbocycles. The highest BCUT2D eigenvalue weighted by molar-refractivity contribution is 7.82. The van der Waals surface area contributed by atoms with Gasteiger partial charge in [-0.2, -0.15) is 12.6 Å². The number of piperidine rings is 1. The molecule has 5 nitrogen and oxygen atoms in total. The fraction of sp³-hybridized carbons (Fsp3) is 0.467. The number of thiol groups is 1. The Labute approximate surface area is 129 Å². The number of likely N-dealkylation sites (tertiary alicyclic amines) is 1. The molecule has 1 aliphatic rings. The Bertz CT molecular complexity index is 487. The molecule has 114 valence electrons. The van der Waals surface area contributed by atoms with Crippen LogP contribution in [0, 0.1) is 0 Å². The van der Waals surface area contributed by atoms with Gasteiger partial charge in [-0.25, -0.2) is 4.79 Å². The van der Waals surface area contributed by atoms with E-state index < -0.39 is 16.8 Å². The molecule has 0 aliphatic carbocycles. The molecule has 2 N–H and O–H groups in total. The van der Waals surface area contributed by atoms with Crippen molar-refractivity contribution in [3.63, 3.8) is 0 Å². The number of amides is 1. The number of nitrogens with zero attached hydrogens (tertiary/aromatic N) is 1. The maximum Gasteiger partial charge on any atom is 0.327 e. The second-order valence-corrected chi connectivity index (χ2v) is 6.31. The maximum absolute atomic E-state index is 11.3. The predicted molar refractivity (Wildman–Crippen MR) is 83.3 cm³/mol.